The molecular weight excluding hydrogens is 258 g/mol. The molecule has 1 saturated heterocycles. The molecule has 78 valence electrons. The molecular formula is C10H10BrN3O. The van der Waals surface area contributed by atoms with Crippen LogP contribution >= 0.6 is 15.9 Å². The second kappa shape index (κ2) is 3.48. The van der Waals surface area contributed by atoms with Crippen LogP contribution in [0.15, 0.2) is 21.2 Å². The fourth-order valence-electron chi connectivity index (χ4n) is 1.99. The first-order valence-corrected chi connectivity index (χ1v) is 5.81. The summed E-state index contributed by atoms with van der Waals surface area (Å²) in [6.45, 7) is 2.26. The lowest BCUT2D eigenvalue weighted by atomic mass is 10.2. The summed E-state index contributed by atoms with van der Waals surface area (Å²) in [7, 11) is 0. The molecule has 0 bridgehead atoms. The number of fused-ring (bicyclic) bond motifs is 1. The van der Waals surface area contributed by atoms with Gasteiger partial charge in [0, 0.05) is 18.8 Å². The van der Waals surface area contributed by atoms with E-state index in [1.165, 1.54) is 18.5 Å². The van der Waals surface area contributed by atoms with Crippen LogP contribution in [0.3, 0.4) is 0 Å². The van der Waals surface area contributed by atoms with E-state index in [9.17, 15) is 0 Å². The molecule has 3 rings (SSSR count). The molecule has 0 spiro atoms. The maximum atomic E-state index is 4.71. The molecule has 1 aliphatic rings. The summed E-state index contributed by atoms with van der Waals surface area (Å²) in [5.41, 5.74) is 2.80. The number of rotatable bonds is 1. The molecule has 2 heterocycles. The molecule has 0 N–H and O–H groups in total. The van der Waals surface area contributed by atoms with E-state index in [4.69, 9.17) is 4.63 Å². The van der Waals surface area contributed by atoms with Crippen LogP contribution in [0.2, 0.25) is 0 Å². The van der Waals surface area contributed by atoms with Crippen molar-refractivity contribution >= 4 is 32.7 Å². The Balaban J connectivity index is 2.11. The molecule has 1 fully saturated rings. The average Bonchev–Trinajstić information content (AvgIpc) is 2.88. The summed E-state index contributed by atoms with van der Waals surface area (Å²) < 4.78 is 5.66. The van der Waals surface area contributed by atoms with Crippen LogP contribution in [0.5, 0.6) is 0 Å². The Morgan fingerprint density at radius 1 is 1.20 bits per heavy atom. The fraction of sp³-hybridized carbons (Fsp3) is 0.400. The molecule has 5 heteroatoms. The van der Waals surface area contributed by atoms with Gasteiger partial charge >= 0.3 is 0 Å². The van der Waals surface area contributed by atoms with Gasteiger partial charge in [0.1, 0.15) is 11.0 Å². The third-order valence-corrected chi connectivity index (χ3v) is 3.38. The summed E-state index contributed by atoms with van der Waals surface area (Å²) >= 11 is 3.48. The minimum Gasteiger partial charge on any atom is -0.371 e. The average molecular weight is 268 g/mol. The Morgan fingerprint density at radius 3 is 2.80 bits per heavy atom. The summed E-state index contributed by atoms with van der Waals surface area (Å²) in [6, 6.07) is 4.11. The van der Waals surface area contributed by atoms with Gasteiger partial charge in [-0.05, 0) is 51.2 Å². The van der Waals surface area contributed by atoms with Crippen LogP contribution in [0, 0.1) is 0 Å². The second-order valence-electron chi connectivity index (χ2n) is 3.75. The SMILES string of the molecule is Brc1cc(N2CCCC2)cc2nonc12. The van der Waals surface area contributed by atoms with Crippen LogP contribution in [-0.4, -0.2) is 23.4 Å². The van der Waals surface area contributed by atoms with Crippen molar-refractivity contribution in [1.29, 1.82) is 0 Å². The van der Waals surface area contributed by atoms with Crippen molar-refractivity contribution < 1.29 is 4.63 Å². The zero-order valence-corrected chi connectivity index (χ0v) is 9.70. The topological polar surface area (TPSA) is 42.2 Å². The van der Waals surface area contributed by atoms with Crippen molar-refractivity contribution in [3.05, 3.63) is 16.6 Å². The minimum atomic E-state index is 0.790. The first-order valence-electron chi connectivity index (χ1n) is 5.01. The Bertz CT molecular complexity index is 490. The van der Waals surface area contributed by atoms with Crippen LogP contribution < -0.4 is 4.90 Å². The van der Waals surface area contributed by atoms with Gasteiger partial charge in [0.2, 0.25) is 0 Å². The number of hydrogen-bond acceptors (Lipinski definition) is 4. The molecule has 1 aliphatic heterocycles. The zero-order chi connectivity index (χ0) is 10.3. The fourth-order valence-corrected chi connectivity index (χ4v) is 2.50. The quantitative estimate of drug-likeness (QED) is 0.797. The smallest absolute Gasteiger partial charge is 0.149 e. The Kier molecular flexibility index (Phi) is 2.12. The number of anilines is 1. The van der Waals surface area contributed by atoms with E-state index in [1.807, 2.05) is 6.07 Å². The Labute approximate surface area is 95.3 Å². The highest BCUT2D eigenvalue weighted by atomic mass is 79.9. The monoisotopic (exact) mass is 267 g/mol. The lowest BCUT2D eigenvalue weighted by molar-refractivity contribution is 0.315. The van der Waals surface area contributed by atoms with E-state index < -0.39 is 0 Å². The first-order chi connectivity index (χ1) is 7.34. The number of hydrogen-bond donors (Lipinski definition) is 0. The molecule has 15 heavy (non-hydrogen) atoms. The highest BCUT2D eigenvalue weighted by Gasteiger charge is 2.15. The number of nitrogens with zero attached hydrogens (tertiary/aromatic N) is 3. The standard InChI is InChI=1S/C10H10BrN3O/c11-8-5-7(14-3-1-2-4-14)6-9-10(8)13-15-12-9/h5-6H,1-4H2. The van der Waals surface area contributed by atoms with Gasteiger partial charge in [-0.25, -0.2) is 4.63 Å². The summed E-state index contributed by atoms with van der Waals surface area (Å²) in [4.78, 5) is 2.36. The zero-order valence-electron chi connectivity index (χ0n) is 8.11. The van der Waals surface area contributed by atoms with E-state index in [2.05, 4.69) is 37.2 Å². The highest BCUT2D eigenvalue weighted by Crippen LogP contribution is 2.29. The third-order valence-electron chi connectivity index (χ3n) is 2.77. The maximum absolute atomic E-state index is 4.71. The molecule has 0 saturated carbocycles. The highest BCUT2D eigenvalue weighted by molar-refractivity contribution is 9.10. The molecule has 2 aromatic rings. The lowest BCUT2D eigenvalue weighted by Gasteiger charge is -2.17. The number of benzene rings is 1. The Hall–Kier alpha value is -1.10. The van der Waals surface area contributed by atoms with Gasteiger partial charge in [0.05, 0.1) is 4.47 Å². The predicted molar refractivity (Wildman–Crippen MR) is 61.0 cm³/mol. The summed E-state index contributed by atoms with van der Waals surface area (Å²) in [5.74, 6) is 0. The Morgan fingerprint density at radius 2 is 2.00 bits per heavy atom. The van der Waals surface area contributed by atoms with Crippen LogP contribution in [-0.2, 0) is 0 Å². The predicted octanol–water partition coefficient (Wildman–Crippen LogP) is 2.59. The maximum Gasteiger partial charge on any atom is 0.149 e. The van der Waals surface area contributed by atoms with Gasteiger partial charge in [-0.1, -0.05) is 0 Å². The molecule has 1 aromatic carbocycles. The summed E-state index contributed by atoms with van der Waals surface area (Å²) in [6.07, 6.45) is 2.54. The van der Waals surface area contributed by atoms with E-state index in [0.29, 0.717) is 0 Å². The molecule has 0 aliphatic carbocycles. The molecule has 4 nitrogen and oxygen atoms in total. The van der Waals surface area contributed by atoms with Crippen molar-refractivity contribution in [2.45, 2.75) is 12.8 Å². The van der Waals surface area contributed by atoms with Gasteiger partial charge in [0.15, 0.2) is 0 Å². The van der Waals surface area contributed by atoms with Crippen LogP contribution in [0.25, 0.3) is 11.0 Å². The summed E-state index contributed by atoms with van der Waals surface area (Å²) in [5, 5.41) is 7.70. The van der Waals surface area contributed by atoms with Crippen molar-refractivity contribution in [2.75, 3.05) is 18.0 Å². The van der Waals surface area contributed by atoms with Crippen molar-refractivity contribution in [3.8, 4) is 0 Å². The number of halogens is 1. The largest absolute Gasteiger partial charge is 0.371 e. The molecule has 1 aromatic heterocycles. The second-order valence-corrected chi connectivity index (χ2v) is 4.61. The minimum absolute atomic E-state index is 0.790. The van der Waals surface area contributed by atoms with Gasteiger partial charge in [0.25, 0.3) is 0 Å². The first kappa shape index (κ1) is 9.15. The van der Waals surface area contributed by atoms with Crippen molar-refractivity contribution in [1.82, 2.24) is 10.3 Å². The van der Waals surface area contributed by atoms with Crippen molar-refractivity contribution in [2.24, 2.45) is 0 Å². The van der Waals surface area contributed by atoms with Crippen LogP contribution in [0.1, 0.15) is 12.8 Å². The molecule has 0 atom stereocenters. The van der Waals surface area contributed by atoms with E-state index >= 15 is 0 Å². The van der Waals surface area contributed by atoms with Gasteiger partial charge in [-0.2, -0.15) is 0 Å². The van der Waals surface area contributed by atoms with Gasteiger partial charge in [-0.3, -0.25) is 0 Å². The van der Waals surface area contributed by atoms with Crippen molar-refractivity contribution in [3.63, 3.8) is 0 Å². The van der Waals surface area contributed by atoms with Gasteiger partial charge < -0.3 is 4.90 Å². The molecule has 0 radical (unpaired) electrons. The van der Waals surface area contributed by atoms with E-state index in [1.54, 1.807) is 0 Å². The molecule has 0 amide bonds. The normalized spacial score (nSPS) is 16.5. The number of aromatic nitrogens is 2. The van der Waals surface area contributed by atoms with Gasteiger partial charge in [-0.15, -0.1) is 0 Å². The van der Waals surface area contributed by atoms with E-state index in [-0.39, 0.29) is 0 Å². The van der Waals surface area contributed by atoms with Crippen LogP contribution in [0.4, 0.5) is 5.69 Å². The van der Waals surface area contributed by atoms with E-state index in [0.717, 1.165) is 28.6 Å². The lowest BCUT2D eigenvalue weighted by Crippen LogP contribution is -2.17. The molecule has 0 unspecified atom stereocenters. The third kappa shape index (κ3) is 1.51.